The van der Waals surface area contributed by atoms with Crippen molar-refractivity contribution < 1.29 is 24.0 Å². The molecule has 4 amide bonds. The summed E-state index contributed by atoms with van der Waals surface area (Å²) in [6.07, 6.45) is 10.9. The topological polar surface area (TPSA) is 141 Å². The molecule has 3 saturated heterocycles. The van der Waals surface area contributed by atoms with Crippen LogP contribution in [-0.2, 0) is 24.0 Å². The molecule has 266 valence electrons. The highest BCUT2D eigenvalue weighted by atomic mass is 16.2. The SMILES string of the molecule is CCC(=O)CCCCC[C@@H]1NC(=O)[C@H]2CCCCN2C(=O)[C@H](C(C)CC)NC(=O)[C@@H](c2cnc3ccccc3c2N2CCCCC2)NC1=O. The Balaban J connectivity index is 1.56. The number of unbranched alkanes of at least 4 members (excludes halogenated alkanes) is 2. The van der Waals surface area contributed by atoms with Crippen LogP contribution >= 0.6 is 0 Å². The smallest absolute Gasteiger partial charge is 0.248 e. The lowest BCUT2D eigenvalue weighted by Gasteiger charge is -2.40. The minimum atomic E-state index is -1.15. The fraction of sp³-hybridized carbons (Fsp3) is 0.632. The van der Waals surface area contributed by atoms with Crippen LogP contribution < -0.4 is 20.9 Å². The van der Waals surface area contributed by atoms with Gasteiger partial charge in [0.1, 0.15) is 30.0 Å². The van der Waals surface area contributed by atoms with Crippen molar-refractivity contribution in [3.05, 3.63) is 36.0 Å². The van der Waals surface area contributed by atoms with E-state index in [0.717, 1.165) is 68.2 Å². The van der Waals surface area contributed by atoms with Crippen molar-refractivity contribution in [3.63, 3.8) is 0 Å². The van der Waals surface area contributed by atoms with E-state index in [1.807, 2.05) is 45.0 Å². The van der Waals surface area contributed by atoms with Crippen LogP contribution in [0, 0.1) is 5.92 Å². The van der Waals surface area contributed by atoms with Gasteiger partial charge >= 0.3 is 0 Å². The fourth-order valence-corrected chi connectivity index (χ4v) is 7.48. The Morgan fingerprint density at radius 1 is 0.878 bits per heavy atom. The summed E-state index contributed by atoms with van der Waals surface area (Å²) in [5, 5.41) is 10.00. The molecule has 0 aliphatic carbocycles. The predicted octanol–water partition coefficient (Wildman–Crippen LogP) is 4.72. The minimum absolute atomic E-state index is 0.204. The molecule has 1 unspecified atom stereocenters. The molecule has 5 atom stereocenters. The highest BCUT2D eigenvalue weighted by Gasteiger charge is 2.41. The van der Waals surface area contributed by atoms with E-state index in [1.54, 1.807) is 11.1 Å². The first-order valence-electron chi connectivity index (χ1n) is 18.6. The van der Waals surface area contributed by atoms with E-state index in [9.17, 15) is 24.0 Å². The molecule has 3 N–H and O–H groups in total. The zero-order chi connectivity index (χ0) is 34.9. The fourth-order valence-electron chi connectivity index (χ4n) is 7.48. The van der Waals surface area contributed by atoms with Gasteiger partial charge in [0.15, 0.2) is 0 Å². The number of hydrogen-bond acceptors (Lipinski definition) is 7. The molecule has 2 aromatic rings. The van der Waals surface area contributed by atoms with Crippen molar-refractivity contribution in [2.24, 2.45) is 5.92 Å². The number of carbonyl (C=O) groups excluding carboxylic acids is 5. The summed E-state index contributed by atoms with van der Waals surface area (Å²) in [6, 6.07) is 4.18. The highest BCUT2D eigenvalue weighted by molar-refractivity contribution is 6.01. The molecule has 0 spiro atoms. The number of nitrogens with one attached hydrogen (secondary N) is 3. The van der Waals surface area contributed by atoms with Gasteiger partial charge in [-0.05, 0) is 63.4 Å². The van der Waals surface area contributed by atoms with Crippen LogP contribution in [0.5, 0.6) is 0 Å². The van der Waals surface area contributed by atoms with Crippen LogP contribution in [0.2, 0.25) is 0 Å². The van der Waals surface area contributed by atoms with E-state index in [1.165, 1.54) is 0 Å². The lowest BCUT2D eigenvalue weighted by Crippen LogP contribution is -2.62. The molecular formula is C38H54N6O5. The van der Waals surface area contributed by atoms with Gasteiger partial charge in [-0.1, -0.05) is 58.2 Å². The monoisotopic (exact) mass is 674 g/mol. The Labute approximate surface area is 290 Å². The van der Waals surface area contributed by atoms with Crippen LogP contribution in [0.25, 0.3) is 10.9 Å². The molecule has 11 heteroatoms. The molecule has 4 heterocycles. The zero-order valence-electron chi connectivity index (χ0n) is 29.5. The number of amides is 4. The first-order valence-corrected chi connectivity index (χ1v) is 18.6. The van der Waals surface area contributed by atoms with Crippen LogP contribution in [0.4, 0.5) is 5.69 Å². The standard InChI is InChI=1S/C38H54N6O5/c1-4-25(3)32-38(49)44-23-15-12-20-31(44)36(47)40-30(19-9-6-8-16-26(45)5-2)35(46)42-33(37(48)41-32)28-24-39-29-18-11-10-17-27(29)34(28)43-21-13-7-14-22-43/h10-11,17-18,24-25,30-33H,4-9,12-16,19-23H2,1-3H3,(H,40,47)(H,41,48)(H,42,46)/t25?,30-,31+,32-,33+/m0/s1. The third-order valence-corrected chi connectivity index (χ3v) is 10.6. The molecule has 1 aromatic heterocycles. The van der Waals surface area contributed by atoms with E-state index < -0.39 is 36.0 Å². The predicted molar refractivity (Wildman–Crippen MR) is 190 cm³/mol. The van der Waals surface area contributed by atoms with Gasteiger partial charge in [0.2, 0.25) is 23.6 Å². The number of fused-ring (bicyclic) bond motifs is 2. The van der Waals surface area contributed by atoms with E-state index in [-0.39, 0.29) is 23.5 Å². The van der Waals surface area contributed by atoms with Gasteiger partial charge < -0.3 is 25.8 Å². The molecule has 0 bridgehead atoms. The van der Waals surface area contributed by atoms with Crippen molar-refractivity contribution in [3.8, 4) is 0 Å². The van der Waals surface area contributed by atoms with E-state index in [2.05, 4.69) is 20.9 Å². The minimum Gasteiger partial charge on any atom is -0.371 e. The molecule has 0 saturated carbocycles. The number of para-hydroxylation sites is 1. The maximum absolute atomic E-state index is 14.6. The Hall–Kier alpha value is -4.02. The maximum Gasteiger partial charge on any atom is 0.248 e. The summed E-state index contributed by atoms with van der Waals surface area (Å²) in [6.45, 7) is 7.80. The van der Waals surface area contributed by atoms with Crippen molar-refractivity contribution in [1.82, 2.24) is 25.8 Å². The Kier molecular flexibility index (Phi) is 12.6. The number of ketones is 1. The molecule has 3 aliphatic heterocycles. The molecule has 5 rings (SSSR count). The Morgan fingerprint density at radius 2 is 1.63 bits per heavy atom. The van der Waals surface area contributed by atoms with Gasteiger partial charge in [-0.15, -0.1) is 0 Å². The van der Waals surface area contributed by atoms with Gasteiger partial charge in [0.05, 0.1) is 11.2 Å². The molecular weight excluding hydrogens is 620 g/mol. The number of nitrogens with zero attached hydrogens (tertiary/aromatic N) is 3. The first kappa shape index (κ1) is 36.3. The zero-order valence-corrected chi connectivity index (χ0v) is 29.5. The lowest BCUT2D eigenvalue weighted by molar-refractivity contribution is -0.147. The van der Waals surface area contributed by atoms with E-state index in [4.69, 9.17) is 4.98 Å². The summed E-state index contributed by atoms with van der Waals surface area (Å²) in [5.41, 5.74) is 2.22. The molecule has 49 heavy (non-hydrogen) atoms. The van der Waals surface area contributed by atoms with Gasteiger partial charge in [-0.25, -0.2) is 0 Å². The van der Waals surface area contributed by atoms with Gasteiger partial charge in [0.25, 0.3) is 0 Å². The van der Waals surface area contributed by atoms with Crippen molar-refractivity contribution in [2.45, 2.75) is 128 Å². The van der Waals surface area contributed by atoms with E-state index >= 15 is 0 Å². The Bertz CT molecular complexity index is 1510. The third kappa shape index (κ3) is 8.59. The largest absolute Gasteiger partial charge is 0.371 e. The summed E-state index contributed by atoms with van der Waals surface area (Å²) >= 11 is 0. The number of carbonyl (C=O) groups is 5. The second-order valence-corrected chi connectivity index (χ2v) is 14.0. The number of hydrogen-bond donors (Lipinski definition) is 3. The summed E-state index contributed by atoms with van der Waals surface area (Å²) in [5.74, 6) is -1.53. The normalized spacial score (nSPS) is 24.6. The number of rotatable bonds is 11. The number of pyridine rings is 1. The van der Waals surface area contributed by atoms with Gasteiger partial charge in [-0.2, -0.15) is 0 Å². The lowest BCUT2D eigenvalue weighted by atomic mass is 9.92. The van der Waals surface area contributed by atoms with Gasteiger partial charge in [-0.3, -0.25) is 29.0 Å². The van der Waals surface area contributed by atoms with E-state index in [0.29, 0.717) is 57.1 Å². The third-order valence-electron chi connectivity index (χ3n) is 10.6. The van der Waals surface area contributed by atoms with Crippen molar-refractivity contribution in [2.75, 3.05) is 24.5 Å². The Morgan fingerprint density at radius 3 is 2.39 bits per heavy atom. The number of Topliss-reactive ketones (excluding diaryl/α,β-unsaturated/α-hetero) is 1. The van der Waals surface area contributed by atoms with Crippen molar-refractivity contribution in [1.29, 1.82) is 0 Å². The number of benzene rings is 1. The second kappa shape index (κ2) is 17.1. The van der Waals surface area contributed by atoms with Crippen LogP contribution in [0.15, 0.2) is 30.5 Å². The summed E-state index contributed by atoms with van der Waals surface area (Å²) in [4.78, 5) is 77.6. The first-order chi connectivity index (χ1) is 23.7. The van der Waals surface area contributed by atoms with Crippen LogP contribution in [0.3, 0.4) is 0 Å². The summed E-state index contributed by atoms with van der Waals surface area (Å²) < 4.78 is 0. The average molecular weight is 675 g/mol. The highest BCUT2D eigenvalue weighted by Crippen LogP contribution is 2.36. The molecule has 1 aromatic carbocycles. The van der Waals surface area contributed by atoms with Crippen LogP contribution in [0.1, 0.15) is 116 Å². The summed E-state index contributed by atoms with van der Waals surface area (Å²) in [7, 11) is 0. The number of aromatic nitrogens is 1. The molecule has 0 radical (unpaired) electrons. The molecule has 3 aliphatic rings. The molecule has 11 nitrogen and oxygen atoms in total. The average Bonchev–Trinajstić information content (AvgIpc) is 3.13. The van der Waals surface area contributed by atoms with Crippen LogP contribution in [-0.4, -0.2) is 77.1 Å². The van der Waals surface area contributed by atoms with Crippen molar-refractivity contribution >= 4 is 46.0 Å². The number of anilines is 1. The molecule has 3 fully saturated rings. The van der Waals surface area contributed by atoms with Gasteiger partial charge in [0, 0.05) is 49.6 Å². The maximum atomic E-state index is 14.6. The quantitative estimate of drug-likeness (QED) is 0.293. The second-order valence-electron chi connectivity index (χ2n) is 14.0. The number of piperidine rings is 2.